The van der Waals surface area contributed by atoms with Crippen LogP contribution in [0.2, 0.25) is 0 Å². The van der Waals surface area contributed by atoms with Crippen molar-refractivity contribution >= 4 is 10.0 Å². The predicted octanol–water partition coefficient (Wildman–Crippen LogP) is 3.91. The van der Waals surface area contributed by atoms with E-state index in [-0.39, 0.29) is 11.5 Å². The summed E-state index contributed by atoms with van der Waals surface area (Å²) in [6.07, 6.45) is 1.67. The van der Waals surface area contributed by atoms with Crippen molar-refractivity contribution in [3.8, 4) is 0 Å². The molecule has 1 aliphatic carbocycles. The SMILES string of the molecule is Cc1ccc(S(=O)(=O)N2CC[C@]3(C)c4ccccc4C[C@H]2[C@@H]3C)cc1. The second-order valence-corrected chi connectivity index (χ2v) is 9.70. The molecule has 0 spiro atoms. The van der Waals surface area contributed by atoms with Crippen LogP contribution in [-0.2, 0) is 21.9 Å². The number of benzene rings is 2. The number of nitrogens with zero attached hydrogens (tertiary/aromatic N) is 1. The molecular formula is C21H25NO2S. The molecule has 3 nitrogen and oxygen atoms in total. The van der Waals surface area contributed by atoms with Gasteiger partial charge in [-0.1, -0.05) is 55.8 Å². The second-order valence-electron chi connectivity index (χ2n) is 7.81. The van der Waals surface area contributed by atoms with Crippen molar-refractivity contribution in [3.05, 3.63) is 65.2 Å². The van der Waals surface area contributed by atoms with Crippen molar-refractivity contribution in [2.45, 2.75) is 50.0 Å². The van der Waals surface area contributed by atoms with Gasteiger partial charge in [0.2, 0.25) is 10.0 Å². The number of hydrogen-bond acceptors (Lipinski definition) is 2. The largest absolute Gasteiger partial charge is 0.243 e. The smallest absolute Gasteiger partial charge is 0.207 e. The van der Waals surface area contributed by atoms with Gasteiger partial charge in [0.1, 0.15) is 0 Å². The van der Waals surface area contributed by atoms with Gasteiger partial charge in [-0.3, -0.25) is 0 Å². The number of rotatable bonds is 2. The maximum absolute atomic E-state index is 13.3. The Morgan fingerprint density at radius 1 is 1.08 bits per heavy atom. The Morgan fingerprint density at radius 3 is 2.48 bits per heavy atom. The molecule has 0 N–H and O–H groups in total. The van der Waals surface area contributed by atoms with Gasteiger partial charge in [-0.25, -0.2) is 8.42 Å². The molecule has 0 amide bonds. The Labute approximate surface area is 150 Å². The van der Waals surface area contributed by atoms with Gasteiger partial charge in [0.25, 0.3) is 0 Å². The average Bonchev–Trinajstić information content (AvgIpc) is 2.58. The van der Waals surface area contributed by atoms with Gasteiger partial charge in [0.05, 0.1) is 4.90 Å². The van der Waals surface area contributed by atoms with E-state index in [9.17, 15) is 8.42 Å². The lowest BCUT2D eigenvalue weighted by Crippen LogP contribution is -2.59. The first-order valence-electron chi connectivity index (χ1n) is 9.01. The maximum Gasteiger partial charge on any atom is 0.243 e. The number of aryl methyl sites for hydroxylation is 1. The summed E-state index contributed by atoms with van der Waals surface area (Å²) < 4.78 is 28.3. The van der Waals surface area contributed by atoms with Gasteiger partial charge in [0.15, 0.2) is 0 Å². The Hall–Kier alpha value is -1.65. The zero-order chi connectivity index (χ0) is 17.8. The van der Waals surface area contributed by atoms with Crippen molar-refractivity contribution in [2.75, 3.05) is 6.54 Å². The van der Waals surface area contributed by atoms with Crippen LogP contribution in [0.3, 0.4) is 0 Å². The molecule has 4 rings (SSSR count). The van der Waals surface area contributed by atoms with Gasteiger partial charge in [-0.2, -0.15) is 4.31 Å². The van der Waals surface area contributed by atoms with Crippen LogP contribution in [0.1, 0.15) is 37.0 Å². The highest BCUT2D eigenvalue weighted by Crippen LogP contribution is 2.49. The standard InChI is InChI=1S/C21H25NO2S/c1-15-8-10-18(11-9-15)25(23,24)22-13-12-21(3)16(2)20(22)14-17-6-4-5-7-19(17)21/h4-11,16,20H,12-14H2,1-3H3/t16-,20-,21-/m0/s1. The molecule has 0 unspecified atom stereocenters. The van der Waals surface area contributed by atoms with Crippen LogP contribution in [-0.4, -0.2) is 25.3 Å². The van der Waals surface area contributed by atoms with Crippen molar-refractivity contribution in [2.24, 2.45) is 5.92 Å². The first kappa shape index (κ1) is 16.8. The minimum Gasteiger partial charge on any atom is -0.207 e. The van der Waals surface area contributed by atoms with Gasteiger partial charge >= 0.3 is 0 Å². The normalized spacial score (nSPS) is 29.2. The van der Waals surface area contributed by atoms with E-state index in [0.29, 0.717) is 17.4 Å². The van der Waals surface area contributed by atoms with Crippen LogP contribution in [0.4, 0.5) is 0 Å². The van der Waals surface area contributed by atoms with Crippen LogP contribution in [0.5, 0.6) is 0 Å². The average molecular weight is 356 g/mol. The summed E-state index contributed by atoms with van der Waals surface area (Å²) in [6.45, 7) is 7.09. The topological polar surface area (TPSA) is 37.4 Å². The summed E-state index contributed by atoms with van der Waals surface area (Å²) >= 11 is 0. The highest BCUT2D eigenvalue weighted by Gasteiger charge is 2.51. The molecule has 2 aromatic carbocycles. The summed E-state index contributed by atoms with van der Waals surface area (Å²) in [7, 11) is -3.46. The van der Waals surface area contributed by atoms with E-state index in [0.717, 1.165) is 18.4 Å². The summed E-state index contributed by atoms with van der Waals surface area (Å²) in [4.78, 5) is 0.410. The summed E-state index contributed by atoms with van der Waals surface area (Å²) in [5.74, 6) is 0.302. The Balaban J connectivity index is 1.77. The molecular weight excluding hydrogens is 330 g/mol. The first-order valence-corrected chi connectivity index (χ1v) is 10.4. The molecule has 0 aromatic heterocycles. The molecule has 2 aromatic rings. The lowest BCUT2D eigenvalue weighted by atomic mass is 9.59. The molecule has 1 heterocycles. The number of piperidine rings is 1. The fourth-order valence-electron chi connectivity index (χ4n) is 4.69. The van der Waals surface area contributed by atoms with Gasteiger partial charge in [-0.05, 0) is 54.4 Å². The Bertz CT molecular complexity index is 904. The van der Waals surface area contributed by atoms with Crippen LogP contribution >= 0.6 is 0 Å². The Morgan fingerprint density at radius 2 is 1.76 bits per heavy atom. The van der Waals surface area contributed by atoms with Gasteiger partial charge in [0, 0.05) is 12.6 Å². The van der Waals surface area contributed by atoms with Crippen LogP contribution in [0.25, 0.3) is 0 Å². The second kappa shape index (κ2) is 5.68. The molecule has 1 saturated heterocycles. The van der Waals surface area contributed by atoms with E-state index < -0.39 is 10.0 Å². The number of fused-ring (bicyclic) bond motifs is 4. The van der Waals surface area contributed by atoms with E-state index in [1.54, 1.807) is 16.4 Å². The molecule has 0 saturated carbocycles. The van der Waals surface area contributed by atoms with Crippen molar-refractivity contribution in [1.29, 1.82) is 0 Å². The first-order chi connectivity index (χ1) is 11.8. The highest BCUT2D eigenvalue weighted by molar-refractivity contribution is 7.89. The van der Waals surface area contributed by atoms with E-state index >= 15 is 0 Å². The van der Waals surface area contributed by atoms with Gasteiger partial charge in [-0.15, -0.1) is 0 Å². The van der Waals surface area contributed by atoms with E-state index in [2.05, 4.69) is 38.1 Å². The molecule has 0 radical (unpaired) electrons. The molecule has 4 heteroatoms. The van der Waals surface area contributed by atoms with Crippen molar-refractivity contribution < 1.29 is 8.42 Å². The van der Waals surface area contributed by atoms with E-state index in [4.69, 9.17) is 0 Å². The third kappa shape index (κ3) is 2.46. The van der Waals surface area contributed by atoms with Crippen LogP contribution < -0.4 is 0 Å². The lowest BCUT2D eigenvalue weighted by molar-refractivity contribution is 0.0892. The third-order valence-corrected chi connectivity index (χ3v) is 8.43. The van der Waals surface area contributed by atoms with Crippen LogP contribution in [0.15, 0.2) is 53.4 Å². The van der Waals surface area contributed by atoms with E-state index in [1.165, 1.54) is 11.1 Å². The zero-order valence-corrected chi connectivity index (χ0v) is 15.9. The quantitative estimate of drug-likeness (QED) is 0.819. The molecule has 2 bridgehead atoms. The maximum atomic E-state index is 13.3. The third-order valence-electron chi connectivity index (χ3n) is 6.49. The summed E-state index contributed by atoms with van der Waals surface area (Å²) in [5.41, 5.74) is 3.84. The fourth-order valence-corrected chi connectivity index (χ4v) is 6.39. The monoisotopic (exact) mass is 355 g/mol. The summed E-state index contributed by atoms with van der Waals surface area (Å²) in [6, 6.07) is 15.8. The van der Waals surface area contributed by atoms with Crippen molar-refractivity contribution in [3.63, 3.8) is 0 Å². The minimum atomic E-state index is -3.46. The zero-order valence-electron chi connectivity index (χ0n) is 15.1. The number of sulfonamides is 1. The minimum absolute atomic E-state index is 0.0277. The fraction of sp³-hybridized carbons (Fsp3) is 0.429. The molecule has 3 atom stereocenters. The summed E-state index contributed by atoms with van der Waals surface area (Å²) in [5, 5.41) is 0. The molecule has 25 heavy (non-hydrogen) atoms. The lowest BCUT2D eigenvalue weighted by Gasteiger charge is -2.53. The number of hydrogen-bond donors (Lipinski definition) is 0. The molecule has 1 fully saturated rings. The highest BCUT2D eigenvalue weighted by atomic mass is 32.2. The Kier molecular flexibility index (Phi) is 3.82. The molecule has 132 valence electrons. The van der Waals surface area contributed by atoms with Gasteiger partial charge < -0.3 is 0 Å². The van der Waals surface area contributed by atoms with E-state index in [1.807, 2.05) is 19.1 Å². The molecule has 1 aliphatic heterocycles. The van der Waals surface area contributed by atoms with Crippen LogP contribution in [0, 0.1) is 12.8 Å². The molecule has 2 aliphatic rings. The van der Waals surface area contributed by atoms with Crippen molar-refractivity contribution in [1.82, 2.24) is 4.31 Å². The predicted molar refractivity (Wildman–Crippen MR) is 100 cm³/mol.